The maximum Gasteiger partial charge on any atom is 0.0541 e. The van der Waals surface area contributed by atoms with Crippen LogP contribution < -0.4 is 24.5 Å². The number of fused-ring (bicyclic) bond motifs is 11. The molecule has 24 rings (SSSR count). The number of hydrogen-bond acceptors (Lipinski definition) is 5. The van der Waals surface area contributed by atoms with Gasteiger partial charge in [-0.1, -0.05) is 410 Å². The fraction of sp³-hybridized carbons (Fsp3) is 0.0735. The molecule has 2 aliphatic carbocycles. The molecule has 1 aromatic heterocycles. The van der Waals surface area contributed by atoms with Crippen molar-refractivity contribution in [1.29, 1.82) is 0 Å². The Kier molecular flexibility index (Phi) is 27.1. The van der Waals surface area contributed by atoms with E-state index in [2.05, 4.69) is 625 Å². The average molecular weight is 1830 g/mol. The zero-order valence-corrected chi connectivity index (χ0v) is 81.6. The van der Waals surface area contributed by atoms with Gasteiger partial charge in [0.25, 0.3) is 0 Å². The highest BCUT2D eigenvalue weighted by atomic mass is 15.2. The van der Waals surface area contributed by atoms with Gasteiger partial charge in [0.05, 0.1) is 11.0 Å². The molecule has 0 saturated heterocycles. The number of nitrogens with zero attached hydrogens (tertiary/aromatic N) is 6. The smallest absolute Gasteiger partial charge is 0.0541 e. The number of benzene rings is 21. The van der Waals surface area contributed by atoms with Crippen molar-refractivity contribution in [2.75, 3.05) is 52.7 Å². The second kappa shape index (κ2) is 41.8. The van der Waals surface area contributed by atoms with E-state index >= 15 is 0 Å². The second-order valence-electron chi connectivity index (χ2n) is 37.7. The van der Waals surface area contributed by atoms with E-state index in [0.717, 1.165) is 34.1 Å². The van der Waals surface area contributed by atoms with Crippen LogP contribution >= 0.6 is 0 Å². The Morgan fingerprint density at radius 1 is 0.197 bits per heavy atom. The van der Waals surface area contributed by atoms with Crippen LogP contribution in [0, 0.1) is 0 Å². The van der Waals surface area contributed by atoms with Gasteiger partial charge >= 0.3 is 0 Å². The Morgan fingerprint density at radius 2 is 0.465 bits per heavy atom. The van der Waals surface area contributed by atoms with E-state index in [1.807, 2.05) is 6.07 Å². The summed E-state index contributed by atoms with van der Waals surface area (Å²) in [5.41, 5.74) is 37.1. The number of aromatic nitrogens is 1. The third kappa shape index (κ3) is 19.7. The van der Waals surface area contributed by atoms with Crippen molar-refractivity contribution >= 4 is 129 Å². The van der Waals surface area contributed by atoms with E-state index in [0.29, 0.717) is 0 Å². The van der Waals surface area contributed by atoms with Crippen LogP contribution in [0.4, 0.5) is 62.6 Å². The summed E-state index contributed by atoms with van der Waals surface area (Å²) in [6.45, 7) is 9.40. The van der Waals surface area contributed by atoms with Crippen molar-refractivity contribution in [3.8, 4) is 27.9 Å². The molecule has 0 spiro atoms. The van der Waals surface area contributed by atoms with E-state index in [-0.39, 0.29) is 10.8 Å². The molecule has 2 aliphatic rings. The lowest BCUT2D eigenvalue weighted by Crippen LogP contribution is -2.18. The molecule has 6 heteroatoms. The van der Waals surface area contributed by atoms with E-state index in [1.54, 1.807) is 0 Å². The van der Waals surface area contributed by atoms with Gasteiger partial charge in [0.2, 0.25) is 0 Å². The van der Waals surface area contributed by atoms with Gasteiger partial charge in [-0.15, -0.1) is 0 Å². The van der Waals surface area contributed by atoms with Gasteiger partial charge < -0.3 is 29.1 Å². The fourth-order valence-electron chi connectivity index (χ4n) is 20.1. The topological polar surface area (TPSA) is 21.1 Å². The molecule has 0 N–H and O–H groups in total. The molecule has 0 aliphatic heterocycles. The molecule has 0 amide bonds. The molecule has 0 radical (unpaired) electrons. The van der Waals surface area contributed by atoms with Crippen LogP contribution in [0.25, 0.3) is 94.6 Å². The standard InChI is InChI=1S/C38H28N2.C36H31N.C24H26N2.C20H16.C18H13N/c1-3-16-33(17-4-1)39(37-24-22-29-12-7-9-14-31(29)26-37)35-20-11-21-36(28-35)40(34-18-5-2-6-19-34)38-25-23-30-13-8-10-15-32(30)27-38;1-35(2)31-16-10-8-14-27(31)29-20-18-25(22-33(29)35)37(24-12-6-5-7-13-24)26-19-21-30-28-15-9-11-17-32(28)36(3,4)34(30)23-26;1-25(2)22-14-10-20(11-15-22)24(18-19-8-6-5-7-9-19)21-12-16-23(17-13-21)26(3)4;1-4-10-17(11-5-1)16-20(18-12-6-2-7-13-18)19-14-8-3-9-15-19;1-2-8-14(9-3-1)19-17-12-6-4-10-15(17)16-11-5-7-13-18(16)19/h1-28H;5-23H,1-4H3;5-18H,1-4H3;1-16H;1-13H. The van der Waals surface area contributed by atoms with Gasteiger partial charge in [-0.25, -0.2) is 0 Å². The van der Waals surface area contributed by atoms with Crippen molar-refractivity contribution in [3.63, 3.8) is 0 Å². The lowest BCUT2D eigenvalue weighted by molar-refractivity contribution is 0.660. The van der Waals surface area contributed by atoms with Gasteiger partial charge in [0.1, 0.15) is 0 Å². The van der Waals surface area contributed by atoms with Crippen molar-refractivity contribution in [2.24, 2.45) is 0 Å². The van der Waals surface area contributed by atoms with Gasteiger partial charge in [0.15, 0.2) is 0 Å². The van der Waals surface area contributed by atoms with Crippen LogP contribution in [0.3, 0.4) is 0 Å². The van der Waals surface area contributed by atoms with Crippen LogP contribution in [-0.4, -0.2) is 32.8 Å². The summed E-state index contributed by atoms with van der Waals surface area (Å²) in [4.78, 5) is 11.3. The number of rotatable bonds is 18. The summed E-state index contributed by atoms with van der Waals surface area (Å²) in [5.74, 6) is 0. The van der Waals surface area contributed by atoms with E-state index in [1.165, 1.54) is 167 Å². The minimum atomic E-state index is -0.0358. The lowest BCUT2D eigenvalue weighted by Gasteiger charge is -2.29. The average Bonchev–Trinajstić information content (AvgIpc) is 1.57. The summed E-state index contributed by atoms with van der Waals surface area (Å²) in [6.07, 6.45) is 4.50. The first-order chi connectivity index (χ1) is 69.6. The maximum atomic E-state index is 2.42. The Balaban J connectivity index is 0.000000112. The quantitative estimate of drug-likeness (QED) is 0.0796. The van der Waals surface area contributed by atoms with Crippen LogP contribution in [0.2, 0.25) is 0 Å². The molecule has 0 fully saturated rings. The summed E-state index contributed by atoms with van der Waals surface area (Å²) in [6, 6.07) is 190. The molecule has 0 atom stereocenters. The molecule has 688 valence electrons. The molecule has 0 bridgehead atoms. The summed E-state index contributed by atoms with van der Waals surface area (Å²) in [7, 11) is 8.26. The highest BCUT2D eigenvalue weighted by Crippen LogP contribution is 2.54. The summed E-state index contributed by atoms with van der Waals surface area (Å²) >= 11 is 0. The molecule has 142 heavy (non-hydrogen) atoms. The molecule has 0 unspecified atom stereocenters. The highest BCUT2D eigenvalue weighted by molar-refractivity contribution is 6.09. The first-order valence-corrected chi connectivity index (χ1v) is 49.0. The zero-order chi connectivity index (χ0) is 96.9. The number of hydrogen-bond donors (Lipinski definition) is 0. The van der Waals surface area contributed by atoms with Crippen LogP contribution in [0.1, 0.15) is 83.3 Å². The van der Waals surface area contributed by atoms with Gasteiger partial charge in [0, 0.05) is 118 Å². The lowest BCUT2D eigenvalue weighted by atomic mass is 9.82. The molecule has 6 nitrogen and oxygen atoms in total. The minimum absolute atomic E-state index is 0.0358. The predicted octanol–water partition coefficient (Wildman–Crippen LogP) is 36.2. The third-order valence-electron chi connectivity index (χ3n) is 27.4. The predicted molar refractivity (Wildman–Crippen MR) is 609 cm³/mol. The van der Waals surface area contributed by atoms with Crippen molar-refractivity contribution in [2.45, 2.75) is 38.5 Å². The third-order valence-corrected chi connectivity index (χ3v) is 27.4. The first-order valence-electron chi connectivity index (χ1n) is 49.0. The zero-order valence-electron chi connectivity index (χ0n) is 81.6. The van der Waals surface area contributed by atoms with Gasteiger partial charge in [-0.2, -0.15) is 0 Å². The molecular formula is C136H114N6. The van der Waals surface area contributed by atoms with E-state index in [4.69, 9.17) is 0 Å². The Hall–Kier alpha value is -17.6. The molecule has 0 saturated carbocycles. The van der Waals surface area contributed by atoms with Gasteiger partial charge in [-0.05, 0) is 274 Å². The number of anilines is 11. The molecule has 1 heterocycles. The SMILES string of the molecule is C(=C(c1ccccc1)c1ccccc1)c1ccccc1.CC1(C)c2ccccc2-c2ccc(N(c3ccccc3)c3ccc4c(c3)C(C)(C)c3ccccc3-4)cc21.CN(C)c1ccc(C(=Cc2ccccc2)c2ccc(N(C)C)cc2)cc1.c1ccc(-n2c3ccccc3c3ccccc32)cc1.c1ccc(N(c2cccc(N(c3ccccc3)c3ccc4ccccc4c3)c2)c2ccc3ccccc3c2)cc1. The molecule has 22 aromatic rings. The van der Waals surface area contributed by atoms with Crippen LogP contribution in [-0.2, 0) is 10.8 Å². The normalized spacial score (nSPS) is 11.9. The minimum Gasteiger partial charge on any atom is -0.378 e. The second-order valence-corrected chi connectivity index (χ2v) is 37.7. The Labute approximate surface area is 836 Å². The molecule has 21 aromatic carbocycles. The van der Waals surface area contributed by atoms with Crippen LogP contribution in [0.5, 0.6) is 0 Å². The summed E-state index contributed by atoms with van der Waals surface area (Å²) < 4.78 is 2.32. The first kappa shape index (κ1) is 92.1. The largest absolute Gasteiger partial charge is 0.378 e. The highest BCUT2D eigenvalue weighted by Gasteiger charge is 2.38. The fourth-order valence-corrected chi connectivity index (χ4v) is 20.1. The van der Waals surface area contributed by atoms with Gasteiger partial charge in [-0.3, -0.25) is 0 Å². The maximum absolute atomic E-state index is 2.42. The van der Waals surface area contributed by atoms with Crippen LogP contribution in [0.15, 0.2) is 534 Å². The van der Waals surface area contributed by atoms with Crippen molar-refractivity contribution in [3.05, 3.63) is 589 Å². The summed E-state index contributed by atoms with van der Waals surface area (Å²) in [5, 5.41) is 7.53. The Bertz CT molecular complexity index is 7770. The molecular weight excluding hydrogens is 1720 g/mol. The van der Waals surface area contributed by atoms with E-state index < -0.39 is 0 Å². The van der Waals surface area contributed by atoms with Crippen molar-refractivity contribution < 1.29 is 0 Å². The van der Waals surface area contributed by atoms with E-state index in [9.17, 15) is 0 Å². The Morgan fingerprint density at radius 3 is 0.838 bits per heavy atom. The van der Waals surface area contributed by atoms with Crippen molar-refractivity contribution in [1.82, 2.24) is 4.57 Å². The number of para-hydroxylation sites is 6. The monoisotopic (exact) mass is 1830 g/mol.